The largest absolute Gasteiger partial charge is 1.00 e. The number of hydrogen-bond acceptors (Lipinski definition) is 2. The Morgan fingerprint density at radius 2 is 2.33 bits per heavy atom. The first-order valence-corrected chi connectivity index (χ1v) is 2.29. The van der Waals surface area contributed by atoms with Crippen molar-refractivity contribution in [1.82, 2.24) is 9.97 Å². The molecule has 0 N–H and O–H groups in total. The second-order valence-corrected chi connectivity index (χ2v) is 1.29. The molecule has 9 heavy (non-hydrogen) atoms. The van der Waals surface area contributed by atoms with Crippen LogP contribution in [0.15, 0.2) is 18.6 Å². The Morgan fingerprint density at radius 1 is 1.56 bits per heavy atom. The van der Waals surface area contributed by atoms with Gasteiger partial charge in [0.05, 0.1) is 0 Å². The van der Waals surface area contributed by atoms with Gasteiger partial charge in [-0.1, -0.05) is 12.9 Å². The third kappa shape index (κ3) is 3.40. The van der Waals surface area contributed by atoms with Gasteiger partial charge < -0.3 is 10.3 Å². The molecule has 0 aliphatic rings. The molecule has 3 nitrogen and oxygen atoms in total. The zero-order valence-corrected chi connectivity index (χ0v) is 10.5. The molecule has 0 atom stereocenters. The van der Waals surface area contributed by atoms with E-state index in [1.807, 2.05) is 0 Å². The van der Waals surface area contributed by atoms with Crippen LogP contribution in [0.3, 0.4) is 0 Å². The van der Waals surface area contributed by atoms with Gasteiger partial charge in [-0.2, -0.15) is 0 Å². The van der Waals surface area contributed by atoms with E-state index in [4.69, 9.17) is 0 Å². The van der Waals surface area contributed by atoms with Gasteiger partial charge >= 0.3 is 58.2 Å². The molecule has 0 aliphatic carbocycles. The van der Waals surface area contributed by atoms with Gasteiger partial charge in [0.25, 0.3) is 0 Å². The Kier molecular flexibility index (Phi) is 5.88. The summed E-state index contributed by atoms with van der Waals surface area (Å²) in [5, 5.41) is 3.82. The predicted octanol–water partition coefficient (Wildman–Crippen LogP) is -1.88. The second-order valence-electron chi connectivity index (χ2n) is 1.29. The van der Waals surface area contributed by atoms with Crippen LogP contribution in [0, 0.1) is 0 Å². The van der Waals surface area contributed by atoms with E-state index in [1.165, 1.54) is 6.33 Å². The zero-order chi connectivity index (χ0) is 5.82. The summed E-state index contributed by atoms with van der Waals surface area (Å²) in [7, 11) is 1.70. The first-order valence-electron chi connectivity index (χ1n) is 2.29. The van der Waals surface area contributed by atoms with Crippen LogP contribution in [0.25, 0.3) is 5.32 Å². The molecule has 0 saturated carbocycles. The number of nitrogens with zero attached hydrogens (tertiary/aromatic N) is 3. The van der Waals surface area contributed by atoms with E-state index < -0.39 is 0 Å². The molecule has 42 valence electrons. The van der Waals surface area contributed by atoms with E-state index in [2.05, 4.69) is 15.3 Å². The van der Waals surface area contributed by atoms with Crippen LogP contribution in [0.4, 0.5) is 5.82 Å². The van der Waals surface area contributed by atoms with Crippen molar-refractivity contribution in [2.75, 3.05) is 7.05 Å². The average molecular weight is 194 g/mol. The van der Waals surface area contributed by atoms with Crippen molar-refractivity contribution in [3.05, 3.63) is 23.9 Å². The van der Waals surface area contributed by atoms with Gasteiger partial charge in [-0.3, -0.25) is 4.98 Å². The summed E-state index contributed by atoms with van der Waals surface area (Å²) >= 11 is 0. The Labute approximate surface area is 103 Å². The van der Waals surface area contributed by atoms with Crippen LogP contribution < -0.4 is 58.2 Å². The Balaban J connectivity index is 0.000000640. The van der Waals surface area contributed by atoms with E-state index in [9.17, 15) is 0 Å². The summed E-state index contributed by atoms with van der Waals surface area (Å²) in [6, 6.07) is 1.75. The maximum absolute atomic E-state index is 3.82. The number of aromatic nitrogens is 2. The SMILES string of the molecule is C[N-]c1ccncn1.[Rb+]. The normalized spacial score (nSPS) is 7.67. The first kappa shape index (κ1) is 9.69. The van der Waals surface area contributed by atoms with Crippen molar-refractivity contribution < 1.29 is 58.2 Å². The van der Waals surface area contributed by atoms with Crippen LogP contribution in [0.2, 0.25) is 0 Å². The second kappa shape index (κ2) is 5.47. The van der Waals surface area contributed by atoms with Crippen molar-refractivity contribution in [1.29, 1.82) is 0 Å². The fourth-order valence-electron chi connectivity index (χ4n) is 0.416. The van der Waals surface area contributed by atoms with E-state index in [-0.39, 0.29) is 58.2 Å². The number of rotatable bonds is 1. The first-order chi connectivity index (χ1) is 3.93. The van der Waals surface area contributed by atoms with Gasteiger partial charge in [-0.15, -0.1) is 0 Å². The third-order valence-corrected chi connectivity index (χ3v) is 0.795. The molecular weight excluding hydrogens is 188 g/mol. The van der Waals surface area contributed by atoms with E-state index in [1.54, 1.807) is 19.3 Å². The van der Waals surface area contributed by atoms with E-state index >= 15 is 0 Å². The van der Waals surface area contributed by atoms with Crippen LogP contribution in [0.1, 0.15) is 0 Å². The minimum atomic E-state index is 0. The predicted molar refractivity (Wildman–Crippen MR) is 31.0 cm³/mol. The van der Waals surface area contributed by atoms with E-state index in [0.717, 1.165) is 5.82 Å². The average Bonchev–Trinajstić information content (AvgIpc) is 1.90. The van der Waals surface area contributed by atoms with Crippen molar-refractivity contribution in [3.8, 4) is 0 Å². The van der Waals surface area contributed by atoms with Gasteiger partial charge in [0.1, 0.15) is 0 Å². The monoisotopic (exact) mass is 193 g/mol. The third-order valence-electron chi connectivity index (χ3n) is 0.795. The fourth-order valence-corrected chi connectivity index (χ4v) is 0.416. The molecule has 1 rings (SSSR count). The van der Waals surface area contributed by atoms with Crippen molar-refractivity contribution >= 4 is 5.82 Å². The molecule has 0 saturated heterocycles. The topological polar surface area (TPSA) is 39.9 Å². The Morgan fingerprint density at radius 3 is 2.67 bits per heavy atom. The van der Waals surface area contributed by atoms with Crippen LogP contribution in [-0.2, 0) is 0 Å². The van der Waals surface area contributed by atoms with Gasteiger partial charge in [-0.25, -0.2) is 0 Å². The molecule has 0 radical (unpaired) electrons. The van der Waals surface area contributed by atoms with Crippen LogP contribution in [0.5, 0.6) is 0 Å². The molecule has 0 spiro atoms. The Bertz CT molecular complexity index is 154. The number of hydrogen-bond donors (Lipinski definition) is 0. The summed E-state index contributed by atoms with van der Waals surface area (Å²) in [5.74, 6) is 0.722. The molecule has 1 aromatic heterocycles. The minimum Gasteiger partial charge on any atom is -0.469 e. The molecular formula is C5H6N3Rb. The van der Waals surface area contributed by atoms with Crippen LogP contribution >= 0.6 is 0 Å². The molecule has 4 heteroatoms. The smallest absolute Gasteiger partial charge is 0.469 e. The van der Waals surface area contributed by atoms with Crippen molar-refractivity contribution in [2.45, 2.75) is 0 Å². The minimum absolute atomic E-state index is 0. The van der Waals surface area contributed by atoms with Crippen LogP contribution in [-0.4, -0.2) is 17.0 Å². The van der Waals surface area contributed by atoms with Gasteiger partial charge in [0, 0.05) is 12.5 Å². The summed E-state index contributed by atoms with van der Waals surface area (Å²) in [4.78, 5) is 7.54. The fraction of sp³-hybridized carbons (Fsp3) is 0.200. The zero-order valence-electron chi connectivity index (χ0n) is 5.57. The molecule has 0 aliphatic heterocycles. The summed E-state index contributed by atoms with van der Waals surface area (Å²) in [6.07, 6.45) is 3.14. The summed E-state index contributed by atoms with van der Waals surface area (Å²) < 4.78 is 0. The van der Waals surface area contributed by atoms with E-state index in [0.29, 0.717) is 0 Å². The van der Waals surface area contributed by atoms with Crippen molar-refractivity contribution in [2.24, 2.45) is 0 Å². The quantitative estimate of drug-likeness (QED) is 0.524. The standard InChI is InChI=1S/C5H6N3.Rb/c1-6-5-2-3-7-4-8-5;/h2-4H,1H3;/q-1;+1. The molecule has 0 amide bonds. The van der Waals surface area contributed by atoms with Gasteiger partial charge in [0.2, 0.25) is 0 Å². The summed E-state index contributed by atoms with van der Waals surface area (Å²) in [6.45, 7) is 0. The summed E-state index contributed by atoms with van der Waals surface area (Å²) in [5.41, 5.74) is 0. The Hall–Kier alpha value is 0.685. The molecule has 1 heterocycles. The van der Waals surface area contributed by atoms with Gasteiger partial charge in [0.15, 0.2) is 0 Å². The van der Waals surface area contributed by atoms with Crippen molar-refractivity contribution in [3.63, 3.8) is 0 Å². The molecule has 1 aromatic rings. The molecule has 0 fully saturated rings. The molecule has 0 bridgehead atoms. The maximum Gasteiger partial charge on any atom is 1.00 e. The molecule has 0 aromatic carbocycles. The van der Waals surface area contributed by atoms with Gasteiger partial charge in [-0.05, 0) is 6.07 Å². The maximum atomic E-state index is 3.82. The molecule has 0 unspecified atom stereocenters.